The molecule has 0 spiro atoms. The number of hydrogen-bond donors (Lipinski definition) is 4. The number of anilines is 1. The SMILES string of the molecule is CC.COP(O)OCCCCCCNC(=O)CCC(=O)N1Cc2ccccc2-c2c(nnn2CCOCCOCCOCCOCCOCCN(N)/C=C(\N)CC(C)C)-c2ccccc21. The van der Waals surface area contributed by atoms with Crippen molar-refractivity contribution in [2.75, 3.05) is 97.8 Å². The Balaban J connectivity index is 0.00000553. The van der Waals surface area contributed by atoms with Crippen LogP contribution in [0, 0.1) is 5.92 Å². The molecular weight excluding hydrogens is 856 g/mol. The maximum atomic E-state index is 13.8. The number of nitrogens with two attached hydrogens (primary N) is 2. The minimum atomic E-state index is -1.79. The summed E-state index contributed by atoms with van der Waals surface area (Å²) in [6.45, 7) is 15.0. The fraction of sp³-hybridized carbons (Fsp3) is 0.609. The van der Waals surface area contributed by atoms with E-state index < -0.39 is 8.60 Å². The van der Waals surface area contributed by atoms with Crippen molar-refractivity contribution in [2.45, 2.75) is 85.7 Å². The van der Waals surface area contributed by atoms with Crippen LogP contribution in [0.5, 0.6) is 0 Å². The Labute approximate surface area is 387 Å². The molecule has 1 aliphatic heterocycles. The van der Waals surface area contributed by atoms with Crippen LogP contribution in [0.4, 0.5) is 5.69 Å². The molecule has 18 nitrogen and oxygen atoms in total. The van der Waals surface area contributed by atoms with E-state index in [1.807, 2.05) is 67.1 Å². The molecule has 1 aromatic heterocycles. The summed E-state index contributed by atoms with van der Waals surface area (Å²) < 4.78 is 40.0. The highest BCUT2D eigenvalue weighted by Gasteiger charge is 2.29. The summed E-state index contributed by atoms with van der Waals surface area (Å²) in [6, 6.07) is 15.6. The Morgan fingerprint density at radius 1 is 0.831 bits per heavy atom. The van der Waals surface area contributed by atoms with E-state index in [0.29, 0.717) is 116 Å². The Kier molecular flexibility index (Phi) is 28.4. The fourth-order valence-corrected chi connectivity index (χ4v) is 7.14. The summed E-state index contributed by atoms with van der Waals surface area (Å²) in [5.41, 5.74) is 11.6. The van der Waals surface area contributed by atoms with Gasteiger partial charge in [-0.05, 0) is 36.8 Å². The van der Waals surface area contributed by atoms with E-state index in [1.165, 1.54) is 7.11 Å². The minimum absolute atomic E-state index is 0.0626. The number of hydrogen-bond acceptors (Lipinski definition) is 15. The highest BCUT2D eigenvalue weighted by molar-refractivity contribution is 7.40. The molecule has 1 aliphatic rings. The molecule has 19 heteroatoms. The zero-order valence-corrected chi connectivity index (χ0v) is 40.2. The molecular formula is C46H75N8O10P. The number of benzene rings is 2. The zero-order chi connectivity index (χ0) is 47.1. The van der Waals surface area contributed by atoms with E-state index in [4.69, 9.17) is 44.3 Å². The van der Waals surface area contributed by atoms with Crippen LogP contribution in [0.3, 0.4) is 0 Å². The largest absolute Gasteiger partial charge is 0.401 e. The van der Waals surface area contributed by atoms with Crippen molar-refractivity contribution >= 4 is 26.1 Å². The number of allylic oxidation sites excluding steroid dienone is 1. The lowest BCUT2D eigenvalue weighted by atomic mass is 9.95. The van der Waals surface area contributed by atoms with Crippen LogP contribution in [-0.2, 0) is 55.4 Å². The summed E-state index contributed by atoms with van der Waals surface area (Å²) in [5, 5.41) is 13.6. The Morgan fingerprint density at radius 3 is 2.09 bits per heavy atom. The van der Waals surface area contributed by atoms with Crippen molar-refractivity contribution in [1.82, 2.24) is 25.3 Å². The van der Waals surface area contributed by atoms with Crippen LogP contribution in [0.25, 0.3) is 22.5 Å². The third-order valence-corrected chi connectivity index (χ3v) is 10.5. The number of nitrogens with zero attached hydrogens (tertiary/aromatic N) is 5. The number of ether oxygens (including phenoxy) is 5. The average molecular weight is 931 g/mol. The quantitative estimate of drug-likeness (QED) is 0.0241. The summed E-state index contributed by atoms with van der Waals surface area (Å²) in [5.74, 6) is 6.10. The standard InChI is InChI=1S/C44H69N8O10P.C2H6/c1-35(2)32-37(45)34-50(46)19-22-57-24-26-59-28-30-61-31-29-60-27-25-58-23-20-52-44-38-13-7-6-12-36(38)33-51(40-15-9-8-14-39(40)43(44)48-49-52)42(54)17-16-41(53)47-18-10-4-5-11-21-62-63(55)56-3;1-2/h6-9,12-15,34-35,55H,4-5,10-11,16-33,45-46H2,1-3H3,(H,47,53);1-2H3/b37-34-;. The number of hydrazine groups is 1. The van der Waals surface area contributed by atoms with Gasteiger partial charge in [-0.1, -0.05) is 88.2 Å². The second-order valence-electron chi connectivity index (χ2n) is 15.3. The normalized spacial score (nSPS) is 12.7. The highest BCUT2D eigenvalue weighted by atomic mass is 31.2. The third-order valence-electron chi connectivity index (χ3n) is 9.81. The van der Waals surface area contributed by atoms with Crippen molar-refractivity contribution in [3.63, 3.8) is 0 Å². The topological polar surface area (TPSA) is 220 Å². The lowest BCUT2D eigenvalue weighted by molar-refractivity contribution is -0.125. The van der Waals surface area contributed by atoms with Crippen LogP contribution < -0.4 is 21.8 Å². The molecule has 0 saturated carbocycles. The van der Waals surface area contributed by atoms with Crippen LogP contribution in [0.2, 0.25) is 0 Å². The number of nitrogens with one attached hydrogen (secondary N) is 1. The van der Waals surface area contributed by atoms with E-state index in [1.54, 1.807) is 16.1 Å². The van der Waals surface area contributed by atoms with Crippen molar-refractivity contribution in [3.8, 4) is 22.5 Å². The number of unbranched alkanes of at least 4 members (excludes halogenated alkanes) is 3. The van der Waals surface area contributed by atoms with Gasteiger partial charge in [0.05, 0.1) is 104 Å². The molecule has 364 valence electrons. The van der Waals surface area contributed by atoms with Crippen molar-refractivity contribution in [1.29, 1.82) is 0 Å². The predicted octanol–water partition coefficient (Wildman–Crippen LogP) is 5.93. The number of fused-ring (bicyclic) bond motifs is 5. The Bertz CT molecular complexity index is 1800. The first-order valence-electron chi connectivity index (χ1n) is 22.9. The second kappa shape index (κ2) is 33.4. The Morgan fingerprint density at radius 2 is 1.43 bits per heavy atom. The molecule has 6 N–H and O–H groups in total. The zero-order valence-electron chi connectivity index (χ0n) is 39.3. The first-order chi connectivity index (χ1) is 31.7. The summed E-state index contributed by atoms with van der Waals surface area (Å²) in [6.07, 6.45) is 6.14. The lowest BCUT2D eigenvalue weighted by Crippen LogP contribution is -2.33. The van der Waals surface area contributed by atoms with Gasteiger partial charge >= 0.3 is 8.60 Å². The number of amides is 2. The van der Waals surface area contributed by atoms with Gasteiger partial charge in [-0.15, -0.1) is 5.10 Å². The van der Waals surface area contributed by atoms with E-state index in [9.17, 15) is 14.5 Å². The fourth-order valence-electron chi connectivity index (χ4n) is 6.75. The molecule has 0 aliphatic carbocycles. The molecule has 0 radical (unpaired) electrons. The molecule has 0 bridgehead atoms. The van der Waals surface area contributed by atoms with Gasteiger partial charge in [0.15, 0.2) is 0 Å². The summed E-state index contributed by atoms with van der Waals surface area (Å²) in [7, 11) is -0.390. The maximum absolute atomic E-state index is 13.8. The van der Waals surface area contributed by atoms with E-state index >= 15 is 0 Å². The van der Waals surface area contributed by atoms with Crippen LogP contribution in [-0.4, -0.2) is 130 Å². The average Bonchev–Trinajstić information content (AvgIpc) is 3.71. The molecule has 0 fully saturated rings. The summed E-state index contributed by atoms with van der Waals surface area (Å²) in [4.78, 5) is 37.6. The molecule has 2 amide bonds. The number of carbonyl (C=O) groups is 2. The van der Waals surface area contributed by atoms with Crippen LogP contribution in [0.1, 0.15) is 78.2 Å². The third kappa shape index (κ3) is 21.4. The number of para-hydroxylation sites is 1. The number of aromatic nitrogens is 3. The van der Waals surface area contributed by atoms with Crippen molar-refractivity contribution < 1.29 is 47.2 Å². The van der Waals surface area contributed by atoms with Gasteiger partial charge in [0.2, 0.25) is 11.8 Å². The highest BCUT2D eigenvalue weighted by Crippen LogP contribution is 2.41. The van der Waals surface area contributed by atoms with E-state index in [-0.39, 0.29) is 24.7 Å². The molecule has 2 heterocycles. The number of rotatable bonds is 33. The molecule has 2 aromatic carbocycles. The molecule has 3 aromatic rings. The number of carbonyl (C=O) groups excluding carboxylic acids is 2. The summed E-state index contributed by atoms with van der Waals surface area (Å²) >= 11 is 0. The minimum Gasteiger partial charge on any atom is -0.401 e. The second-order valence-corrected chi connectivity index (χ2v) is 16.4. The van der Waals surface area contributed by atoms with E-state index in [0.717, 1.165) is 60.2 Å². The van der Waals surface area contributed by atoms with Crippen molar-refractivity contribution in [2.24, 2.45) is 17.5 Å². The first kappa shape index (κ1) is 55.3. The molecule has 65 heavy (non-hydrogen) atoms. The smallest absolute Gasteiger partial charge is 0.329 e. The van der Waals surface area contributed by atoms with Gasteiger partial charge in [-0.3, -0.25) is 9.59 Å². The first-order valence-corrected chi connectivity index (χ1v) is 24.0. The predicted molar refractivity (Wildman–Crippen MR) is 253 cm³/mol. The van der Waals surface area contributed by atoms with Gasteiger partial charge in [-0.25, -0.2) is 10.5 Å². The van der Waals surface area contributed by atoms with Gasteiger partial charge in [0.25, 0.3) is 0 Å². The van der Waals surface area contributed by atoms with Crippen LogP contribution >= 0.6 is 8.60 Å². The molecule has 1 atom stereocenters. The lowest BCUT2D eigenvalue weighted by Gasteiger charge is -2.28. The molecule has 1 unspecified atom stereocenters. The van der Waals surface area contributed by atoms with Gasteiger partial charge in [0, 0.05) is 49.5 Å². The van der Waals surface area contributed by atoms with Gasteiger partial charge in [0.1, 0.15) is 5.69 Å². The van der Waals surface area contributed by atoms with Crippen molar-refractivity contribution in [3.05, 3.63) is 66.0 Å². The van der Waals surface area contributed by atoms with Crippen LogP contribution in [0.15, 0.2) is 60.4 Å². The molecule has 0 saturated heterocycles. The van der Waals surface area contributed by atoms with Gasteiger partial charge in [-0.2, -0.15) is 0 Å². The van der Waals surface area contributed by atoms with Gasteiger partial charge < -0.3 is 58.6 Å². The maximum Gasteiger partial charge on any atom is 0.329 e. The monoisotopic (exact) mass is 931 g/mol. The molecule has 4 rings (SSSR count). The Hall–Kier alpha value is -4.07. The van der Waals surface area contributed by atoms with E-state index in [2.05, 4.69) is 29.5 Å².